The highest BCUT2D eigenvalue weighted by molar-refractivity contribution is 6.02. The number of hydrogen-bond acceptors (Lipinski definition) is 4. The van der Waals surface area contributed by atoms with E-state index < -0.39 is 6.09 Å². The number of ether oxygens (including phenoxy) is 1. The zero-order valence-electron chi connectivity index (χ0n) is 15.6. The molecule has 0 aliphatic heterocycles. The third-order valence-corrected chi connectivity index (χ3v) is 4.43. The summed E-state index contributed by atoms with van der Waals surface area (Å²) in [6.45, 7) is 0.142. The van der Waals surface area contributed by atoms with Crippen molar-refractivity contribution in [2.75, 3.05) is 5.32 Å². The monoisotopic (exact) mass is 385 g/mol. The van der Waals surface area contributed by atoms with Crippen molar-refractivity contribution >= 4 is 28.7 Å². The molecule has 0 unspecified atom stereocenters. The molecule has 3 aromatic carbocycles. The number of rotatable bonds is 5. The lowest BCUT2D eigenvalue weighted by atomic mass is 10.1. The van der Waals surface area contributed by atoms with E-state index in [9.17, 15) is 9.59 Å². The normalized spacial score (nSPS) is 10.6. The second-order valence-corrected chi connectivity index (χ2v) is 6.53. The van der Waals surface area contributed by atoms with Gasteiger partial charge in [0.05, 0.1) is 11.9 Å². The summed E-state index contributed by atoms with van der Waals surface area (Å²) in [5.41, 5.74) is 2.35. The van der Waals surface area contributed by atoms with Crippen LogP contribution in [0.15, 0.2) is 84.9 Å². The highest BCUT2D eigenvalue weighted by atomic mass is 16.6. The van der Waals surface area contributed by atoms with Gasteiger partial charge in [-0.05, 0) is 23.3 Å². The van der Waals surface area contributed by atoms with E-state index in [0.717, 1.165) is 11.1 Å². The van der Waals surface area contributed by atoms with Gasteiger partial charge in [0, 0.05) is 5.39 Å². The average molecular weight is 385 g/mol. The van der Waals surface area contributed by atoms with E-state index >= 15 is 0 Å². The van der Waals surface area contributed by atoms with E-state index in [0.29, 0.717) is 16.7 Å². The molecule has 1 amide bonds. The topological polar surface area (TPSA) is 73.2 Å². The fourth-order valence-corrected chi connectivity index (χ4v) is 3.04. The maximum atomic E-state index is 12.6. The molecule has 6 nitrogen and oxygen atoms in total. The Morgan fingerprint density at radius 3 is 2.17 bits per heavy atom. The molecular formula is C23H19N3O3. The Hall–Kier alpha value is -3.93. The van der Waals surface area contributed by atoms with Gasteiger partial charge in [-0.3, -0.25) is 4.79 Å². The number of fused-ring (bicyclic) bond motifs is 1. The first-order valence-corrected chi connectivity index (χ1v) is 9.23. The van der Waals surface area contributed by atoms with E-state index in [4.69, 9.17) is 4.74 Å². The molecule has 0 atom stereocenters. The molecule has 0 fully saturated rings. The van der Waals surface area contributed by atoms with Gasteiger partial charge >= 0.3 is 6.09 Å². The van der Waals surface area contributed by atoms with Crippen LogP contribution in [0.5, 0.6) is 0 Å². The lowest BCUT2D eigenvalue weighted by Crippen LogP contribution is -2.17. The van der Waals surface area contributed by atoms with E-state index in [2.05, 4.69) is 10.4 Å². The Labute approximate surface area is 167 Å². The zero-order valence-corrected chi connectivity index (χ0v) is 15.6. The van der Waals surface area contributed by atoms with Crippen molar-refractivity contribution in [3.05, 3.63) is 96.1 Å². The van der Waals surface area contributed by atoms with Crippen molar-refractivity contribution < 1.29 is 14.3 Å². The molecule has 4 aromatic rings. The molecule has 6 heteroatoms. The third-order valence-electron chi connectivity index (χ3n) is 4.43. The quantitative estimate of drug-likeness (QED) is 0.553. The second kappa shape index (κ2) is 8.39. The number of benzene rings is 3. The first-order chi connectivity index (χ1) is 14.2. The number of nitrogens with one attached hydrogen (secondary N) is 1. The van der Waals surface area contributed by atoms with Gasteiger partial charge in [0.15, 0.2) is 5.82 Å². The van der Waals surface area contributed by atoms with E-state index in [-0.39, 0.29) is 18.9 Å². The molecule has 0 spiro atoms. The van der Waals surface area contributed by atoms with Gasteiger partial charge in [0.1, 0.15) is 6.61 Å². The van der Waals surface area contributed by atoms with Crippen molar-refractivity contribution in [2.24, 2.45) is 0 Å². The summed E-state index contributed by atoms with van der Waals surface area (Å²) >= 11 is 0. The maximum absolute atomic E-state index is 12.6. The molecule has 0 bridgehead atoms. The van der Waals surface area contributed by atoms with E-state index in [1.807, 2.05) is 66.7 Å². The summed E-state index contributed by atoms with van der Waals surface area (Å²) in [7, 11) is 0. The SMILES string of the molecule is O=C(Cc1ccccc1)Nc1nn(C(=O)OCc2ccccc2)c2ccccc12. The van der Waals surface area contributed by atoms with Gasteiger partial charge < -0.3 is 10.1 Å². The first-order valence-electron chi connectivity index (χ1n) is 9.23. The van der Waals surface area contributed by atoms with Crippen molar-refractivity contribution in [1.82, 2.24) is 9.78 Å². The van der Waals surface area contributed by atoms with Crippen LogP contribution in [-0.2, 0) is 22.6 Å². The van der Waals surface area contributed by atoms with Crippen LogP contribution in [0, 0.1) is 0 Å². The summed E-state index contributed by atoms with van der Waals surface area (Å²) in [5, 5.41) is 7.77. The molecule has 0 radical (unpaired) electrons. The van der Waals surface area contributed by atoms with E-state index in [1.54, 1.807) is 18.2 Å². The second-order valence-electron chi connectivity index (χ2n) is 6.53. The molecule has 0 saturated carbocycles. The Morgan fingerprint density at radius 1 is 0.828 bits per heavy atom. The van der Waals surface area contributed by atoms with Crippen LogP contribution in [0.1, 0.15) is 11.1 Å². The molecule has 0 aliphatic rings. The summed E-state index contributed by atoms with van der Waals surface area (Å²) in [5.74, 6) is 0.127. The number of para-hydroxylation sites is 1. The number of aromatic nitrogens is 2. The minimum absolute atomic E-state index is 0.142. The Bertz CT molecular complexity index is 1140. The van der Waals surface area contributed by atoms with Gasteiger partial charge in [0.2, 0.25) is 5.91 Å². The van der Waals surface area contributed by atoms with Crippen LogP contribution in [0.3, 0.4) is 0 Å². The lowest BCUT2D eigenvalue weighted by Gasteiger charge is -2.05. The van der Waals surface area contributed by atoms with Crippen LogP contribution < -0.4 is 5.32 Å². The fraction of sp³-hybridized carbons (Fsp3) is 0.0870. The van der Waals surface area contributed by atoms with Gasteiger partial charge in [-0.25, -0.2) is 4.79 Å². The molecule has 1 aromatic heterocycles. The minimum atomic E-state index is -0.603. The van der Waals surface area contributed by atoms with Crippen LogP contribution in [0.4, 0.5) is 10.6 Å². The summed E-state index contributed by atoms with van der Waals surface area (Å²) in [6, 6.07) is 26.1. The Balaban J connectivity index is 1.53. The number of carbonyl (C=O) groups excluding carboxylic acids is 2. The molecule has 1 N–H and O–H groups in total. The maximum Gasteiger partial charge on any atom is 0.435 e. The third kappa shape index (κ3) is 4.32. The number of carbonyl (C=O) groups is 2. The lowest BCUT2D eigenvalue weighted by molar-refractivity contribution is -0.115. The number of anilines is 1. The Morgan fingerprint density at radius 2 is 1.45 bits per heavy atom. The van der Waals surface area contributed by atoms with Crippen molar-refractivity contribution in [3.63, 3.8) is 0 Å². The van der Waals surface area contributed by atoms with E-state index in [1.165, 1.54) is 4.68 Å². The molecule has 4 rings (SSSR count). The van der Waals surface area contributed by atoms with Gasteiger partial charge in [-0.15, -0.1) is 5.10 Å². The minimum Gasteiger partial charge on any atom is -0.443 e. The fourth-order valence-electron chi connectivity index (χ4n) is 3.04. The predicted octanol–water partition coefficient (Wildman–Crippen LogP) is 4.40. The average Bonchev–Trinajstić information content (AvgIpc) is 3.12. The zero-order chi connectivity index (χ0) is 20.1. The standard InChI is InChI=1S/C23H19N3O3/c27-21(15-17-9-3-1-4-10-17)24-22-19-13-7-8-14-20(19)26(25-22)23(28)29-16-18-11-5-2-6-12-18/h1-14H,15-16H2,(H,24,25,27). The highest BCUT2D eigenvalue weighted by Gasteiger charge is 2.18. The van der Waals surface area contributed by atoms with Crippen molar-refractivity contribution in [3.8, 4) is 0 Å². The summed E-state index contributed by atoms with van der Waals surface area (Å²) in [6.07, 6.45) is -0.380. The van der Waals surface area contributed by atoms with Crippen LogP contribution >= 0.6 is 0 Å². The summed E-state index contributed by atoms with van der Waals surface area (Å²) < 4.78 is 6.56. The summed E-state index contributed by atoms with van der Waals surface area (Å²) in [4.78, 5) is 25.0. The largest absolute Gasteiger partial charge is 0.443 e. The van der Waals surface area contributed by atoms with Crippen molar-refractivity contribution in [2.45, 2.75) is 13.0 Å². The number of nitrogens with zero attached hydrogens (tertiary/aromatic N) is 2. The van der Waals surface area contributed by atoms with Gasteiger partial charge in [-0.2, -0.15) is 4.68 Å². The Kier molecular flexibility index (Phi) is 5.33. The molecule has 0 aliphatic carbocycles. The first kappa shape index (κ1) is 18.4. The highest BCUT2D eigenvalue weighted by Crippen LogP contribution is 2.23. The van der Waals surface area contributed by atoms with Crippen LogP contribution in [0.2, 0.25) is 0 Å². The van der Waals surface area contributed by atoms with Crippen LogP contribution in [0.25, 0.3) is 10.9 Å². The van der Waals surface area contributed by atoms with Crippen molar-refractivity contribution in [1.29, 1.82) is 0 Å². The molecule has 1 heterocycles. The molecule has 144 valence electrons. The van der Waals surface area contributed by atoms with Gasteiger partial charge in [0.25, 0.3) is 0 Å². The molecule has 0 saturated heterocycles. The molecule has 29 heavy (non-hydrogen) atoms. The smallest absolute Gasteiger partial charge is 0.435 e. The molecular weight excluding hydrogens is 366 g/mol. The number of amides is 1. The van der Waals surface area contributed by atoms with Gasteiger partial charge in [-0.1, -0.05) is 72.8 Å². The number of hydrogen-bond donors (Lipinski definition) is 1. The van der Waals surface area contributed by atoms with Crippen LogP contribution in [-0.4, -0.2) is 21.8 Å². The predicted molar refractivity (Wildman–Crippen MR) is 111 cm³/mol.